The van der Waals surface area contributed by atoms with Crippen LogP contribution in [0.5, 0.6) is 0 Å². The second-order valence-corrected chi connectivity index (χ2v) is 9.30. The fraction of sp³-hybridized carbons (Fsp3) is 0.611. The van der Waals surface area contributed by atoms with Crippen molar-refractivity contribution in [1.29, 1.82) is 0 Å². The molecule has 1 aromatic rings. The molecule has 5 nitrogen and oxygen atoms in total. The van der Waals surface area contributed by atoms with Crippen LogP contribution in [0.2, 0.25) is 5.02 Å². The number of halogens is 2. The normalized spacial score (nSPS) is 20.8. The summed E-state index contributed by atoms with van der Waals surface area (Å²) in [5, 5.41) is -0.225. The van der Waals surface area contributed by atoms with Crippen LogP contribution in [-0.4, -0.2) is 37.9 Å². The van der Waals surface area contributed by atoms with E-state index >= 15 is 0 Å². The van der Waals surface area contributed by atoms with Gasteiger partial charge in [0.15, 0.2) is 0 Å². The second kappa shape index (κ2) is 8.23. The molecule has 0 atom stereocenters. The van der Waals surface area contributed by atoms with E-state index in [4.69, 9.17) is 16.3 Å². The maximum absolute atomic E-state index is 13.3. The molecule has 0 bridgehead atoms. The Balaban J connectivity index is 1.58. The van der Waals surface area contributed by atoms with E-state index in [1.54, 1.807) is 0 Å². The molecule has 0 unspecified atom stereocenters. The highest BCUT2D eigenvalue weighted by Gasteiger charge is 2.34. The van der Waals surface area contributed by atoms with Crippen molar-refractivity contribution in [2.24, 2.45) is 5.92 Å². The predicted octanol–water partition coefficient (Wildman–Crippen LogP) is 3.76. The standard InChI is InChI=1S/C18H23ClFNO4S/c19-16-12-15(6-7-17(16)20)26(23,24)21-10-8-13(9-11-21)18(22)25-14-4-2-1-3-5-14/h6-7,12-14H,1-5,8-11H2. The maximum atomic E-state index is 13.3. The van der Waals surface area contributed by atoms with Gasteiger partial charge in [0.25, 0.3) is 0 Å². The molecule has 3 rings (SSSR count). The molecule has 1 aliphatic carbocycles. The first-order valence-electron chi connectivity index (χ1n) is 9.03. The summed E-state index contributed by atoms with van der Waals surface area (Å²) in [5.41, 5.74) is 0. The molecule has 1 aliphatic heterocycles. The Bertz CT molecular complexity index is 756. The molecule has 144 valence electrons. The lowest BCUT2D eigenvalue weighted by molar-refractivity contribution is -0.156. The number of sulfonamides is 1. The Morgan fingerprint density at radius 3 is 2.38 bits per heavy atom. The van der Waals surface area contributed by atoms with Crippen molar-refractivity contribution >= 4 is 27.6 Å². The van der Waals surface area contributed by atoms with Gasteiger partial charge in [0, 0.05) is 13.1 Å². The molecule has 2 aliphatic rings. The number of esters is 1. The highest BCUT2D eigenvalue weighted by molar-refractivity contribution is 7.89. The van der Waals surface area contributed by atoms with Crippen molar-refractivity contribution < 1.29 is 22.3 Å². The molecule has 0 aromatic heterocycles. The Hall–Kier alpha value is -1.18. The van der Waals surface area contributed by atoms with Crippen LogP contribution in [0.25, 0.3) is 0 Å². The van der Waals surface area contributed by atoms with Gasteiger partial charge in [-0.15, -0.1) is 0 Å². The van der Waals surface area contributed by atoms with Crippen molar-refractivity contribution in [2.45, 2.75) is 55.9 Å². The Labute approximate surface area is 158 Å². The van der Waals surface area contributed by atoms with Gasteiger partial charge < -0.3 is 4.74 Å². The molecule has 0 radical (unpaired) electrons. The third-order valence-corrected chi connectivity index (χ3v) is 7.34. The summed E-state index contributed by atoms with van der Waals surface area (Å²) in [4.78, 5) is 12.3. The topological polar surface area (TPSA) is 63.7 Å². The van der Waals surface area contributed by atoms with Gasteiger partial charge in [0.2, 0.25) is 10.0 Å². The number of carbonyl (C=O) groups excluding carboxylic acids is 1. The minimum Gasteiger partial charge on any atom is -0.462 e. The van der Waals surface area contributed by atoms with Gasteiger partial charge >= 0.3 is 5.97 Å². The summed E-state index contributed by atoms with van der Waals surface area (Å²) in [7, 11) is -3.75. The second-order valence-electron chi connectivity index (χ2n) is 6.95. The molecular formula is C18H23ClFNO4S. The molecule has 1 saturated carbocycles. The zero-order chi connectivity index (χ0) is 18.7. The molecule has 26 heavy (non-hydrogen) atoms. The van der Waals surface area contributed by atoms with Crippen molar-refractivity contribution in [3.63, 3.8) is 0 Å². The zero-order valence-electron chi connectivity index (χ0n) is 14.5. The first-order chi connectivity index (χ1) is 12.4. The van der Waals surface area contributed by atoms with Crippen LogP contribution in [0.3, 0.4) is 0 Å². The molecule has 0 N–H and O–H groups in total. The van der Waals surface area contributed by atoms with Gasteiger partial charge in [-0.2, -0.15) is 4.31 Å². The van der Waals surface area contributed by atoms with Crippen molar-refractivity contribution in [3.8, 4) is 0 Å². The van der Waals surface area contributed by atoms with E-state index in [0.29, 0.717) is 12.8 Å². The lowest BCUT2D eigenvalue weighted by Gasteiger charge is -2.31. The first kappa shape index (κ1) is 19.6. The van der Waals surface area contributed by atoms with E-state index in [0.717, 1.165) is 37.8 Å². The van der Waals surface area contributed by atoms with Crippen LogP contribution in [0.15, 0.2) is 23.1 Å². The van der Waals surface area contributed by atoms with E-state index in [1.807, 2.05) is 0 Å². The fourth-order valence-corrected chi connectivity index (χ4v) is 5.30. The van der Waals surface area contributed by atoms with Gasteiger partial charge in [-0.25, -0.2) is 12.8 Å². The summed E-state index contributed by atoms with van der Waals surface area (Å²) >= 11 is 5.70. The summed E-state index contributed by atoms with van der Waals surface area (Å²) in [5.74, 6) is -1.13. The van der Waals surface area contributed by atoms with Crippen molar-refractivity contribution in [1.82, 2.24) is 4.31 Å². The third kappa shape index (κ3) is 4.38. The van der Waals surface area contributed by atoms with Gasteiger partial charge in [-0.05, 0) is 56.7 Å². The number of piperidine rings is 1. The monoisotopic (exact) mass is 403 g/mol. The lowest BCUT2D eigenvalue weighted by atomic mass is 9.96. The number of carbonyl (C=O) groups is 1. The minimum atomic E-state index is -3.75. The van der Waals surface area contributed by atoms with E-state index in [-0.39, 0.29) is 41.0 Å². The number of ether oxygens (including phenoxy) is 1. The van der Waals surface area contributed by atoms with E-state index in [2.05, 4.69) is 0 Å². The molecular weight excluding hydrogens is 381 g/mol. The largest absolute Gasteiger partial charge is 0.462 e. The zero-order valence-corrected chi connectivity index (χ0v) is 16.1. The van der Waals surface area contributed by atoms with Gasteiger partial charge in [-0.3, -0.25) is 4.79 Å². The van der Waals surface area contributed by atoms with Crippen molar-refractivity contribution in [2.75, 3.05) is 13.1 Å². The minimum absolute atomic E-state index is 0.0133. The first-order valence-corrected chi connectivity index (χ1v) is 10.9. The number of nitrogens with zero attached hydrogens (tertiary/aromatic N) is 1. The van der Waals surface area contributed by atoms with E-state index in [9.17, 15) is 17.6 Å². The number of hydrogen-bond donors (Lipinski definition) is 0. The van der Waals surface area contributed by atoms with Crippen LogP contribution in [-0.2, 0) is 19.6 Å². The third-order valence-electron chi connectivity index (χ3n) is 5.15. The number of benzene rings is 1. The molecule has 0 spiro atoms. The summed E-state index contributed by atoms with van der Waals surface area (Å²) in [6, 6.07) is 3.37. The Kier molecular flexibility index (Phi) is 6.20. The molecule has 1 saturated heterocycles. The predicted molar refractivity (Wildman–Crippen MR) is 95.9 cm³/mol. The lowest BCUT2D eigenvalue weighted by Crippen LogP contribution is -2.41. The van der Waals surface area contributed by atoms with Gasteiger partial charge in [0.05, 0.1) is 15.8 Å². The molecule has 2 fully saturated rings. The quantitative estimate of drug-likeness (QED) is 0.718. The summed E-state index contributed by atoms with van der Waals surface area (Å²) < 4.78 is 45.5. The Morgan fingerprint density at radius 2 is 1.77 bits per heavy atom. The van der Waals surface area contributed by atoms with E-state index in [1.165, 1.54) is 16.8 Å². The number of rotatable bonds is 4. The van der Waals surface area contributed by atoms with Crippen LogP contribution in [0, 0.1) is 11.7 Å². The molecule has 1 aromatic carbocycles. The average molecular weight is 404 g/mol. The van der Waals surface area contributed by atoms with E-state index < -0.39 is 15.8 Å². The average Bonchev–Trinajstić information content (AvgIpc) is 2.65. The SMILES string of the molecule is O=C(OC1CCCCC1)C1CCN(S(=O)(=O)c2ccc(F)c(Cl)c2)CC1. The number of hydrogen-bond acceptors (Lipinski definition) is 4. The van der Waals surface area contributed by atoms with Gasteiger partial charge in [-0.1, -0.05) is 18.0 Å². The van der Waals surface area contributed by atoms with Crippen LogP contribution < -0.4 is 0 Å². The van der Waals surface area contributed by atoms with Crippen LogP contribution >= 0.6 is 11.6 Å². The van der Waals surface area contributed by atoms with Crippen molar-refractivity contribution in [3.05, 3.63) is 29.0 Å². The smallest absolute Gasteiger partial charge is 0.309 e. The molecule has 8 heteroatoms. The van der Waals surface area contributed by atoms with Gasteiger partial charge in [0.1, 0.15) is 11.9 Å². The van der Waals surface area contributed by atoms with Crippen LogP contribution in [0.4, 0.5) is 4.39 Å². The maximum Gasteiger partial charge on any atom is 0.309 e. The molecule has 1 heterocycles. The highest BCUT2D eigenvalue weighted by Crippen LogP contribution is 2.28. The fourth-order valence-electron chi connectivity index (χ4n) is 3.56. The highest BCUT2D eigenvalue weighted by atomic mass is 35.5. The molecule has 0 amide bonds. The Morgan fingerprint density at radius 1 is 1.12 bits per heavy atom. The van der Waals surface area contributed by atoms with Crippen LogP contribution in [0.1, 0.15) is 44.9 Å². The summed E-state index contributed by atoms with van der Waals surface area (Å²) in [6.07, 6.45) is 6.09. The summed E-state index contributed by atoms with van der Waals surface area (Å²) in [6.45, 7) is 0.476.